The molecule has 0 amide bonds. The van der Waals surface area contributed by atoms with Gasteiger partial charge in [-0.25, -0.2) is 0 Å². The van der Waals surface area contributed by atoms with E-state index in [2.05, 4.69) is 16.6 Å². The van der Waals surface area contributed by atoms with Crippen LogP contribution in [0.1, 0.15) is 13.8 Å². The quantitative estimate of drug-likeness (QED) is 0.692. The molecule has 0 aliphatic carbocycles. The predicted molar refractivity (Wildman–Crippen MR) is 53.6 cm³/mol. The molecular formula is C9H16ClNO2. The average molecular weight is 206 g/mol. The number of rotatable bonds is 5. The second-order valence-corrected chi connectivity index (χ2v) is 3.68. The van der Waals surface area contributed by atoms with Crippen LogP contribution in [0.3, 0.4) is 0 Å². The molecule has 0 fully saturated rings. The summed E-state index contributed by atoms with van der Waals surface area (Å²) in [5.41, 5.74) is 0. The van der Waals surface area contributed by atoms with E-state index in [0.717, 1.165) is 0 Å². The number of halogens is 1. The van der Waals surface area contributed by atoms with Crippen molar-refractivity contribution in [3.05, 3.63) is 11.6 Å². The zero-order valence-corrected chi connectivity index (χ0v) is 9.02. The van der Waals surface area contributed by atoms with Gasteiger partial charge in [-0.1, -0.05) is 32.0 Å². The number of hydrogen-bond donors (Lipinski definition) is 1. The molecule has 0 saturated heterocycles. The first-order chi connectivity index (χ1) is 5.99. The van der Waals surface area contributed by atoms with Crippen molar-refractivity contribution in [1.29, 1.82) is 0 Å². The summed E-state index contributed by atoms with van der Waals surface area (Å²) in [5.74, 6) is -0.101. The van der Waals surface area contributed by atoms with Crippen LogP contribution in [0.5, 0.6) is 0 Å². The Labute approximate surface area is 84.1 Å². The van der Waals surface area contributed by atoms with Gasteiger partial charge >= 0.3 is 5.97 Å². The Hall–Kier alpha value is -0.540. The number of hydrogen-bond acceptors (Lipinski definition) is 3. The van der Waals surface area contributed by atoms with Gasteiger partial charge in [-0.05, 0) is 5.92 Å². The van der Waals surface area contributed by atoms with E-state index in [-0.39, 0.29) is 17.9 Å². The largest absolute Gasteiger partial charge is 0.468 e. The highest BCUT2D eigenvalue weighted by molar-refractivity contribution is 6.29. The van der Waals surface area contributed by atoms with Crippen molar-refractivity contribution < 1.29 is 9.53 Å². The average Bonchev–Trinajstić information content (AvgIpc) is 2.03. The van der Waals surface area contributed by atoms with Crippen LogP contribution in [0.2, 0.25) is 0 Å². The first-order valence-electron chi connectivity index (χ1n) is 4.13. The highest BCUT2D eigenvalue weighted by Gasteiger charge is 2.21. The van der Waals surface area contributed by atoms with Crippen LogP contribution in [0.4, 0.5) is 0 Å². The van der Waals surface area contributed by atoms with Crippen molar-refractivity contribution in [2.75, 3.05) is 13.7 Å². The molecule has 0 aliphatic heterocycles. The summed E-state index contributed by atoms with van der Waals surface area (Å²) in [7, 11) is 1.37. The molecule has 0 saturated carbocycles. The third kappa shape index (κ3) is 4.90. The van der Waals surface area contributed by atoms with Crippen LogP contribution in [0.25, 0.3) is 0 Å². The molecule has 13 heavy (non-hydrogen) atoms. The van der Waals surface area contributed by atoms with E-state index in [1.54, 1.807) is 0 Å². The summed E-state index contributed by atoms with van der Waals surface area (Å²) in [6.45, 7) is 7.81. The fourth-order valence-corrected chi connectivity index (χ4v) is 1.02. The Bertz CT molecular complexity index is 192. The van der Waals surface area contributed by atoms with E-state index in [9.17, 15) is 4.79 Å². The summed E-state index contributed by atoms with van der Waals surface area (Å²) >= 11 is 5.57. The summed E-state index contributed by atoms with van der Waals surface area (Å²) in [6.07, 6.45) is 0. The standard InChI is InChI=1S/C9H16ClNO2/c1-6(2)8(9(12)13-4)11-5-7(3)10/h6,8,11H,3,5H2,1-2,4H3. The minimum Gasteiger partial charge on any atom is -0.468 e. The summed E-state index contributed by atoms with van der Waals surface area (Å²) in [5, 5.41) is 3.44. The zero-order chi connectivity index (χ0) is 10.4. The molecule has 0 heterocycles. The van der Waals surface area contributed by atoms with Crippen LogP contribution >= 0.6 is 11.6 Å². The SMILES string of the molecule is C=C(Cl)CNC(C(=O)OC)C(C)C. The van der Waals surface area contributed by atoms with Crippen LogP contribution < -0.4 is 5.32 Å². The Kier molecular flexibility index (Phi) is 5.75. The molecule has 0 radical (unpaired) electrons. The van der Waals surface area contributed by atoms with Gasteiger partial charge in [0, 0.05) is 11.6 Å². The number of carbonyl (C=O) groups is 1. The summed E-state index contributed by atoms with van der Waals surface area (Å²) in [4.78, 5) is 11.2. The predicted octanol–water partition coefficient (Wildman–Crippen LogP) is 1.53. The van der Waals surface area contributed by atoms with Gasteiger partial charge in [0.05, 0.1) is 7.11 Å². The minimum atomic E-state index is -0.319. The third-order valence-electron chi connectivity index (χ3n) is 1.64. The molecule has 76 valence electrons. The van der Waals surface area contributed by atoms with Gasteiger partial charge in [-0.2, -0.15) is 0 Å². The molecule has 0 aliphatic rings. The van der Waals surface area contributed by atoms with Gasteiger partial charge < -0.3 is 4.74 Å². The number of methoxy groups -OCH3 is 1. The molecule has 0 aromatic rings. The molecule has 0 aromatic carbocycles. The Morgan fingerprint density at radius 2 is 2.15 bits per heavy atom. The van der Waals surface area contributed by atoms with Crippen LogP contribution in [0, 0.1) is 5.92 Å². The number of carbonyl (C=O) groups excluding carboxylic acids is 1. The lowest BCUT2D eigenvalue weighted by atomic mass is 10.1. The summed E-state index contributed by atoms with van der Waals surface area (Å²) in [6, 6.07) is -0.319. The van der Waals surface area contributed by atoms with Gasteiger partial charge in [0.2, 0.25) is 0 Å². The first kappa shape index (κ1) is 12.5. The molecule has 1 N–H and O–H groups in total. The Morgan fingerprint density at radius 1 is 1.62 bits per heavy atom. The maximum atomic E-state index is 11.2. The van der Waals surface area contributed by atoms with Crippen LogP contribution in [-0.4, -0.2) is 25.7 Å². The number of ether oxygens (including phenoxy) is 1. The Balaban J connectivity index is 4.10. The van der Waals surface area contributed by atoms with Gasteiger partial charge in [0.1, 0.15) is 6.04 Å². The summed E-state index contributed by atoms with van der Waals surface area (Å²) < 4.78 is 4.63. The minimum absolute atomic E-state index is 0.170. The van der Waals surface area contributed by atoms with Crippen LogP contribution in [0.15, 0.2) is 11.6 Å². The van der Waals surface area contributed by atoms with Crippen molar-refractivity contribution in [3.8, 4) is 0 Å². The number of nitrogens with one attached hydrogen (secondary N) is 1. The van der Waals surface area contributed by atoms with Crippen molar-refractivity contribution in [2.45, 2.75) is 19.9 Å². The number of esters is 1. The smallest absolute Gasteiger partial charge is 0.323 e. The highest BCUT2D eigenvalue weighted by atomic mass is 35.5. The molecular weight excluding hydrogens is 190 g/mol. The van der Waals surface area contributed by atoms with Crippen LogP contribution in [-0.2, 0) is 9.53 Å². The Morgan fingerprint density at radius 3 is 2.46 bits per heavy atom. The molecule has 3 nitrogen and oxygen atoms in total. The van der Waals surface area contributed by atoms with E-state index in [1.165, 1.54) is 7.11 Å². The fourth-order valence-electron chi connectivity index (χ4n) is 0.939. The third-order valence-corrected chi connectivity index (χ3v) is 1.77. The topological polar surface area (TPSA) is 38.3 Å². The van der Waals surface area contributed by atoms with Gasteiger partial charge in [0.25, 0.3) is 0 Å². The molecule has 0 spiro atoms. The fraction of sp³-hybridized carbons (Fsp3) is 0.667. The molecule has 0 rings (SSSR count). The van der Waals surface area contributed by atoms with Crippen molar-refractivity contribution in [2.24, 2.45) is 5.92 Å². The van der Waals surface area contributed by atoms with E-state index in [0.29, 0.717) is 11.6 Å². The van der Waals surface area contributed by atoms with E-state index in [1.807, 2.05) is 13.8 Å². The van der Waals surface area contributed by atoms with Crippen molar-refractivity contribution >= 4 is 17.6 Å². The van der Waals surface area contributed by atoms with Gasteiger partial charge in [-0.15, -0.1) is 0 Å². The van der Waals surface area contributed by atoms with E-state index in [4.69, 9.17) is 11.6 Å². The molecule has 0 aromatic heterocycles. The maximum absolute atomic E-state index is 11.2. The van der Waals surface area contributed by atoms with E-state index >= 15 is 0 Å². The van der Waals surface area contributed by atoms with Crippen molar-refractivity contribution in [1.82, 2.24) is 5.32 Å². The van der Waals surface area contributed by atoms with Gasteiger partial charge in [0.15, 0.2) is 0 Å². The maximum Gasteiger partial charge on any atom is 0.323 e. The van der Waals surface area contributed by atoms with Crippen molar-refractivity contribution in [3.63, 3.8) is 0 Å². The molecule has 1 atom stereocenters. The lowest BCUT2D eigenvalue weighted by molar-refractivity contribution is -0.144. The second kappa shape index (κ2) is 6.00. The van der Waals surface area contributed by atoms with Gasteiger partial charge in [-0.3, -0.25) is 10.1 Å². The molecule has 4 heteroatoms. The van der Waals surface area contributed by atoms with E-state index < -0.39 is 0 Å². The second-order valence-electron chi connectivity index (χ2n) is 3.14. The normalized spacial score (nSPS) is 12.7. The zero-order valence-electron chi connectivity index (χ0n) is 8.26. The lowest BCUT2D eigenvalue weighted by Gasteiger charge is -2.19. The lowest BCUT2D eigenvalue weighted by Crippen LogP contribution is -2.42. The molecule has 1 unspecified atom stereocenters. The first-order valence-corrected chi connectivity index (χ1v) is 4.51. The highest BCUT2D eigenvalue weighted by Crippen LogP contribution is 2.04. The molecule has 0 bridgehead atoms. The monoisotopic (exact) mass is 205 g/mol.